The minimum atomic E-state index is 0.611. The van der Waals surface area contributed by atoms with Crippen LogP contribution in [0.25, 0.3) is 0 Å². The highest BCUT2D eigenvalue weighted by molar-refractivity contribution is 5.12. The second-order valence-electron chi connectivity index (χ2n) is 8.27. The molecule has 108 valence electrons. The van der Waals surface area contributed by atoms with Gasteiger partial charge in [0.2, 0.25) is 0 Å². The van der Waals surface area contributed by atoms with E-state index in [9.17, 15) is 0 Å². The second kappa shape index (κ2) is 4.46. The molecule has 1 saturated heterocycles. The highest BCUT2D eigenvalue weighted by atomic mass is 15.2. The van der Waals surface area contributed by atoms with Gasteiger partial charge in [0.1, 0.15) is 0 Å². The Kier molecular flexibility index (Phi) is 2.97. The number of nitrogens with two attached hydrogens (primary N) is 1. The monoisotopic (exact) mass is 262 g/mol. The normalized spacial score (nSPS) is 49.7. The van der Waals surface area contributed by atoms with Crippen LogP contribution < -0.4 is 5.73 Å². The molecule has 4 aliphatic carbocycles. The molecule has 5 rings (SSSR count). The predicted molar refractivity (Wildman–Crippen MR) is 78.9 cm³/mol. The molecular formula is C17H30N2. The van der Waals surface area contributed by atoms with Gasteiger partial charge < -0.3 is 5.73 Å². The van der Waals surface area contributed by atoms with Crippen molar-refractivity contribution in [2.24, 2.45) is 23.0 Å². The van der Waals surface area contributed by atoms with E-state index in [1.165, 1.54) is 70.9 Å². The van der Waals surface area contributed by atoms with E-state index in [2.05, 4.69) is 4.90 Å². The van der Waals surface area contributed by atoms with E-state index >= 15 is 0 Å². The minimum absolute atomic E-state index is 0.611. The molecule has 4 saturated carbocycles. The van der Waals surface area contributed by atoms with Crippen LogP contribution in [0.15, 0.2) is 0 Å². The molecule has 2 unspecified atom stereocenters. The molecule has 19 heavy (non-hydrogen) atoms. The first-order valence-corrected chi connectivity index (χ1v) is 8.69. The third-order valence-corrected chi connectivity index (χ3v) is 6.85. The zero-order valence-corrected chi connectivity index (χ0v) is 12.4. The molecule has 4 bridgehead atoms. The van der Waals surface area contributed by atoms with Crippen LogP contribution in [0.5, 0.6) is 0 Å². The van der Waals surface area contributed by atoms with Crippen molar-refractivity contribution in [3.05, 3.63) is 0 Å². The molecule has 2 N–H and O–H groups in total. The maximum absolute atomic E-state index is 5.96. The van der Waals surface area contributed by atoms with Gasteiger partial charge in [0, 0.05) is 5.54 Å². The summed E-state index contributed by atoms with van der Waals surface area (Å²) in [6, 6.07) is 0. The van der Waals surface area contributed by atoms with E-state index in [0.29, 0.717) is 11.0 Å². The first-order valence-electron chi connectivity index (χ1n) is 8.69. The number of rotatable bonds is 3. The van der Waals surface area contributed by atoms with Crippen LogP contribution in [0.3, 0.4) is 0 Å². The summed E-state index contributed by atoms with van der Waals surface area (Å²) in [5.41, 5.74) is 7.22. The largest absolute Gasteiger partial charge is 0.330 e. The number of hydrogen-bond acceptors (Lipinski definition) is 2. The van der Waals surface area contributed by atoms with E-state index in [4.69, 9.17) is 5.73 Å². The first-order chi connectivity index (χ1) is 9.24. The molecule has 0 spiro atoms. The fourth-order valence-electron chi connectivity index (χ4n) is 6.74. The highest BCUT2D eigenvalue weighted by Gasteiger charge is 2.58. The molecule has 5 fully saturated rings. The highest BCUT2D eigenvalue weighted by Crippen LogP contribution is 2.64. The Labute approximate surface area is 118 Å². The second-order valence-corrected chi connectivity index (χ2v) is 8.27. The SMILES string of the molecule is NCCC12CC3CC(C1)CC(N1CCCCC1)(C3)C2. The minimum Gasteiger partial charge on any atom is -0.330 e. The fourth-order valence-corrected chi connectivity index (χ4v) is 6.74. The molecule has 0 amide bonds. The fraction of sp³-hybridized carbons (Fsp3) is 1.00. The lowest BCUT2D eigenvalue weighted by Crippen LogP contribution is -2.64. The zero-order chi connectivity index (χ0) is 12.9. The van der Waals surface area contributed by atoms with Gasteiger partial charge in [-0.1, -0.05) is 6.42 Å². The molecule has 0 aromatic rings. The lowest BCUT2D eigenvalue weighted by Gasteiger charge is -2.65. The Bertz CT molecular complexity index is 331. The number of likely N-dealkylation sites (tertiary alicyclic amines) is 1. The third kappa shape index (κ3) is 1.98. The molecular weight excluding hydrogens is 232 g/mol. The predicted octanol–water partition coefficient (Wildman–Crippen LogP) is 3.16. The van der Waals surface area contributed by atoms with Crippen molar-refractivity contribution in [2.75, 3.05) is 19.6 Å². The van der Waals surface area contributed by atoms with Crippen molar-refractivity contribution in [3.8, 4) is 0 Å². The zero-order valence-electron chi connectivity index (χ0n) is 12.4. The van der Waals surface area contributed by atoms with Gasteiger partial charge >= 0.3 is 0 Å². The van der Waals surface area contributed by atoms with Crippen molar-refractivity contribution >= 4 is 0 Å². The Morgan fingerprint density at radius 3 is 2.26 bits per heavy atom. The molecule has 2 atom stereocenters. The van der Waals surface area contributed by atoms with E-state index < -0.39 is 0 Å². The molecule has 2 heteroatoms. The summed E-state index contributed by atoms with van der Waals surface area (Å²) in [4.78, 5) is 2.93. The summed E-state index contributed by atoms with van der Waals surface area (Å²) in [6.07, 6.45) is 14.8. The maximum Gasteiger partial charge on any atom is 0.0220 e. The summed E-state index contributed by atoms with van der Waals surface area (Å²) >= 11 is 0. The van der Waals surface area contributed by atoms with Crippen LogP contribution in [0.2, 0.25) is 0 Å². The molecule has 1 heterocycles. The van der Waals surface area contributed by atoms with Gasteiger partial charge in [-0.25, -0.2) is 0 Å². The topological polar surface area (TPSA) is 29.3 Å². The van der Waals surface area contributed by atoms with Crippen molar-refractivity contribution in [1.29, 1.82) is 0 Å². The maximum atomic E-state index is 5.96. The van der Waals surface area contributed by atoms with E-state index in [1.807, 2.05) is 0 Å². The molecule has 2 nitrogen and oxygen atoms in total. The lowest BCUT2D eigenvalue weighted by atomic mass is 9.45. The van der Waals surface area contributed by atoms with Crippen molar-refractivity contribution in [2.45, 2.75) is 69.7 Å². The Morgan fingerprint density at radius 2 is 1.63 bits per heavy atom. The van der Waals surface area contributed by atoms with Gasteiger partial charge in [-0.3, -0.25) is 4.90 Å². The van der Waals surface area contributed by atoms with Crippen LogP contribution in [-0.2, 0) is 0 Å². The Morgan fingerprint density at radius 1 is 0.947 bits per heavy atom. The smallest absolute Gasteiger partial charge is 0.0220 e. The van der Waals surface area contributed by atoms with Gasteiger partial charge in [0.15, 0.2) is 0 Å². The third-order valence-electron chi connectivity index (χ3n) is 6.85. The molecule has 5 aliphatic rings. The van der Waals surface area contributed by atoms with E-state index in [1.54, 1.807) is 6.42 Å². The number of piperidine rings is 1. The van der Waals surface area contributed by atoms with Gasteiger partial charge in [0.05, 0.1) is 0 Å². The molecule has 0 aromatic heterocycles. The molecule has 0 radical (unpaired) electrons. The van der Waals surface area contributed by atoms with Crippen molar-refractivity contribution in [3.63, 3.8) is 0 Å². The van der Waals surface area contributed by atoms with E-state index in [-0.39, 0.29) is 0 Å². The van der Waals surface area contributed by atoms with Crippen molar-refractivity contribution in [1.82, 2.24) is 4.90 Å². The van der Waals surface area contributed by atoms with Crippen LogP contribution >= 0.6 is 0 Å². The average molecular weight is 262 g/mol. The lowest BCUT2D eigenvalue weighted by molar-refractivity contribution is -0.138. The summed E-state index contributed by atoms with van der Waals surface area (Å²) < 4.78 is 0. The first kappa shape index (κ1) is 12.6. The van der Waals surface area contributed by atoms with Gasteiger partial charge in [-0.2, -0.15) is 0 Å². The summed E-state index contributed by atoms with van der Waals surface area (Å²) in [6.45, 7) is 3.69. The number of nitrogens with zero attached hydrogens (tertiary/aromatic N) is 1. The van der Waals surface area contributed by atoms with Gasteiger partial charge in [-0.15, -0.1) is 0 Å². The van der Waals surface area contributed by atoms with Crippen LogP contribution in [0.4, 0.5) is 0 Å². The van der Waals surface area contributed by atoms with Crippen molar-refractivity contribution < 1.29 is 0 Å². The Balaban J connectivity index is 1.62. The van der Waals surface area contributed by atoms with Crippen LogP contribution in [-0.4, -0.2) is 30.1 Å². The van der Waals surface area contributed by atoms with E-state index in [0.717, 1.165) is 18.4 Å². The average Bonchev–Trinajstić information content (AvgIpc) is 2.38. The standard InChI is InChI=1S/C17H30N2/c18-5-4-16-9-14-8-15(10-16)12-17(11-14,13-16)19-6-2-1-3-7-19/h14-15H,1-13,18H2. The molecule has 0 aromatic carbocycles. The van der Waals surface area contributed by atoms with Crippen LogP contribution in [0, 0.1) is 17.3 Å². The van der Waals surface area contributed by atoms with Gasteiger partial charge in [-0.05, 0) is 94.7 Å². The van der Waals surface area contributed by atoms with Gasteiger partial charge in [0.25, 0.3) is 0 Å². The summed E-state index contributed by atoms with van der Waals surface area (Å²) in [7, 11) is 0. The van der Waals surface area contributed by atoms with Crippen LogP contribution in [0.1, 0.15) is 64.2 Å². The number of hydrogen-bond donors (Lipinski definition) is 1. The summed E-state index contributed by atoms with van der Waals surface area (Å²) in [5.74, 6) is 2.07. The molecule has 1 aliphatic heterocycles. The Hall–Kier alpha value is -0.0800. The quantitative estimate of drug-likeness (QED) is 0.846. The summed E-state index contributed by atoms with van der Waals surface area (Å²) in [5, 5.41) is 0.